The van der Waals surface area contributed by atoms with Gasteiger partial charge in [0, 0.05) is 13.2 Å². The minimum atomic E-state index is -3.99. The second-order valence-electron chi connectivity index (χ2n) is 4.83. The number of sulfonamides is 1. The van der Waals surface area contributed by atoms with Gasteiger partial charge in [0.15, 0.2) is 5.03 Å². The third kappa shape index (κ3) is 2.15. The van der Waals surface area contributed by atoms with E-state index in [9.17, 15) is 18.0 Å². The van der Waals surface area contributed by atoms with Crippen LogP contribution < -0.4 is 5.32 Å². The van der Waals surface area contributed by atoms with E-state index in [2.05, 4.69) is 10.3 Å². The Morgan fingerprint density at radius 3 is 2.53 bits per heavy atom. The van der Waals surface area contributed by atoms with Gasteiger partial charge in [-0.3, -0.25) is 14.9 Å². The highest BCUT2D eigenvalue weighted by Gasteiger charge is 2.48. The fourth-order valence-electron chi connectivity index (χ4n) is 1.78. The minimum Gasteiger partial charge on any atom is -0.339 e. The average Bonchev–Trinajstić information content (AvgIpc) is 2.71. The van der Waals surface area contributed by atoms with Crippen molar-refractivity contribution in [3.63, 3.8) is 0 Å². The van der Waals surface area contributed by atoms with Crippen LogP contribution in [-0.2, 0) is 26.7 Å². The van der Waals surface area contributed by atoms with Crippen LogP contribution >= 0.6 is 0 Å². The molecular weight excluding hydrogens is 272 g/mol. The first-order valence-corrected chi connectivity index (χ1v) is 6.95. The Morgan fingerprint density at radius 1 is 1.37 bits per heavy atom. The highest BCUT2D eigenvalue weighted by Crippen LogP contribution is 2.25. The second kappa shape index (κ2) is 4.14. The summed E-state index contributed by atoms with van der Waals surface area (Å²) in [7, 11) is -2.36. The van der Waals surface area contributed by atoms with E-state index in [0.717, 1.165) is 4.31 Å². The molecule has 1 fully saturated rings. The first kappa shape index (κ1) is 13.7. The molecule has 0 radical (unpaired) electrons. The lowest BCUT2D eigenvalue weighted by atomic mass is 10.0. The van der Waals surface area contributed by atoms with E-state index in [4.69, 9.17) is 0 Å². The van der Waals surface area contributed by atoms with E-state index in [0.29, 0.717) is 0 Å². The van der Waals surface area contributed by atoms with Gasteiger partial charge in [-0.15, -0.1) is 0 Å². The van der Waals surface area contributed by atoms with Crippen LogP contribution in [0.2, 0.25) is 0 Å². The Morgan fingerprint density at radius 2 is 2.00 bits per heavy atom. The van der Waals surface area contributed by atoms with E-state index in [1.54, 1.807) is 7.05 Å². The van der Waals surface area contributed by atoms with Crippen molar-refractivity contribution < 1.29 is 18.0 Å². The van der Waals surface area contributed by atoms with Gasteiger partial charge in [0.1, 0.15) is 5.54 Å². The van der Waals surface area contributed by atoms with Crippen LogP contribution in [0, 0.1) is 0 Å². The zero-order chi connectivity index (χ0) is 14.4. The molecule has 1 saturated heterocycles. The zero-order valence-electron chi connectivity index (χ0n) is 10.7. The molecule has 2 heterocycles. The van der Waals surface area contributed by atoms with Gasteiger partial charge < -0.3 is 4.57 Å². The summed E-state index contributed by atoms with van der Waals surface area (Å²) in [6.45, 7) is 2.47. The summed E-state index contributed by atoms with van der Waals surface area (Å²) in [5, 5.41) is 1.93. The molecule has 9 heteroatoms. The number of nitrogens with one attached hydrogen (secondary N) is 1. The third-order valence-corrected chi connectivity index (χ3v) is 4.86. The molecule has 0 spiro atoms. The standard InChI is InChI=1S/C10H14N4O4S/c1-10(2)9(16)12-7(15)4-14(10)19(17,18)8-5-13(3)6-11-8/h5-6H,4H2,1-3H3,(H,12,15,16). The van der Waals surface area contributed by atoms with Crippen LogP contribution in [0.3, 0.4) is 0 Å². The zero-order valence-corrected chi connectivity index (χ0v) is 11.6. The average molecular weight is 286 g/mol. The molecule has 0 bridgehead atoms. The fourth-order valence-corrected chi connectivity index (χ4v) is 3.46. The first-order valence-electron chi connectivity index (χ1n) is 5.51. The Bertz CT molecular complexity index is 646. The Labute approximate surface area is 110 Å². The molecule has 0 atom stereocenters. The lowest BCUT2D eigenvalue weighted by molar-refractivity contribution is -0.141. The van der Waals surface area contributed by atoms with Crippen molar-refractivity contribution in [1.29, 1.82) is 0 Å². The quantitative estimate of drug-likeness (QED) is 0.691. The number of amides is 2. The third-order valence-electron chi connectivity index (χ3n) is 2.95. The van der Waals surface area contributed by atoms with E-state index >= 15 is 0 Å². The molecular formula is C10H14N4O4S. The predicted octanol–water partition coefficient (Wildman–Crippen LogP) is -1.15. The number of piperazine rings is 1. The summed E-state index contributed by atoms with van der Waals surface area (Å²) in [6, 6.07) is 0. The lowest BCUT2D eigenvalue weighted by Gasteiger charge is -2.38. The molecule has 0 aliphatic carbocycles. The maximum atomic E-state index is 12.4. The summed E-state index contributed by atoms with van der Waals surface area (Å²) in [6.07, 6.45) is 2.66. The highest BCUT2D eigenvalue weighted by molar-refractivity contribution is 7.89. The SMILES string of the molecule is Cn1cnc(S(=O)(=O)N2CC(=O)NC(=O)C2(C)C)c1. The molecule has 1 aromatic rings. The summed E-state index contributed by atoms with van der Waals surface area (Å²) >= 11 is 0. The first-order chi connectivity index (χ1) is 8.65. The number of aromatic nitrogens is 2. The molecule has 0 unspecified atom stereocenters. The van der Waals surface area contributed by atoms with Gasteiger partial charge in [-0.25, -0.2) is 13.4 Å². The van der Waals surface area contributed by atoms with Crippen molar-refractivity contribution in [2.75, 3.05) is 6.54 Å². The number of imidazole rings is 1. The molecule has 1 aliphatic heterocycles. The van der Waals surface area contributed by atoms with Gasteiger partial charge in [0.25, 0.3) is 10.0 Å². The largest absolute Gasteiger partial charge is 0.339 e. The molecule has 0 saturated carbocycles. The maximum Gasteiger partial charge on any atom is 0.263 e. The van der Waals surface area contributed by atoms with E-state index in [-0.39, 0.29) is 5.03 Å². The number of imide groups is 1. The highest BCUT2D eigenvalue weighted by atomic mass is 32.2. The van der Waals surface area contributed by atoms with Crippen LogP contribution in [0.5, 0.6) is 0 Å². The molecule has 1 N–H and O–H groups in total. The van der Waals surface area contributed by atoms with Gasteiger partial charge in [-0.2, -0.15) is 4.31 Å². The van der Waals surface area contributed by atoms with Crippen LogP contribution in [0.25, 0.3) is 0 Å². The molecule has 1 aromatic heterocycles. The monoisotopic (exact) mass is 286 g/mol. The van der Waals surface area contributed by atoms with Crippen molar-refractivity contribution >= 4 is 21.8 Å². The van der Waals surface area contributed by atoms with Crippen LogP contribution in [0.4, 0.5) is 0 Å². The molecule has 104 valence electrons. The normalized spacial score (nSPS) is 20.4. The number of nitrogens with zero attached hydrogens (tertiary/aromatic N) is 3. The van der Waals surface area contributed by atoms with Crippen LogP contribution in [0.1, 0.15) is 13.8 Å². The molecule has 2 rings (SSSR count). The van der Waals surface area contributed by atoms with Crippen LogP contribution in [-0.4, -0.2) is 46.2 Å². The van der Waals surface area contributed by atoms with Crippen molar-refractivity contribution in [2.45, 2.75) is 24.4 Å². The van der Waals surface area contributed by atoms with Gasteiger partial charge in [-0.05, 0) is 13.8 Å². The van der Waals surface area contributed by atoms with E-state index in [1.165, 1.54) is 30.9 Å². The summed E-state index contributed by atoms with van der Waals surface area (Å²) in [5.41, 5.74) is -1.34. The van der Waals surface area contributed by atoms with Gasteiger partial charge >= 0.3 is 0 Å². The number of hydrogen-bond donors (Lipinski definition) is 1. The maximum absolute atomic E-state index is 12.4. The molecule has 2 amide bonds. The molecule has 0 aromatic carbocycles. The van der Waals surface area contributed by atoms with E-state index < -0.39 is 33.9 Å². The topological polar surface area (TPSA) is 101 Å². The summed E-state index contributed by atoms with van der Waals surface area (Å²) in [4.78, 5) is 26.9. The van der Waals surface area contributed by atoms with Crippen LogP contribution in [0.15, 0.2) is 17.6 Å². The Balaban J connectivity index is 2.49. The molecule has 8 nitrogen and oxygen atoms in total. The minimum absolute atomic E-state index is 0.189. The number of carbonyl (C=O) groups excluding carboxylic acids is 2. The smallest absolute Gasteiger partial charge is 0.263 e. The Kier molecular flexibility index (Phi) is 2.98. The van der Waals surface area contributed by atoms with Crippen molar-refractivity contribution in [3.8, 4) is 0 Å². The number of carbonyl (C=O) groups is 2. The molecule has 1 aliphatic rings. The number of rotatable bonds is 2. The van der Waals surface area contributed by atoms with E-state index in [1.807, 2.05) is 0 Å². The summed E-state index contributed by atoms with van der Waals surface area (Å²) < 4.78 is 27.2. The number of aryl methyl sites for hydroxylation is 1. The predicted molar refractivity (Wildman–Crippen MR) is 64.3 cm³/mol. The van der Waals surface area contributed by atoms with Crippen molar-refractivity contribution in [2.24, 2.45) is 7.05 Å². The Hall–Kier alpha value is -1.74. The number of hydrogen-bond acceptors (Lipinski definition) is 5. The van der Waals surface area contributed by atoms with Gasteiger partial charge in [-0.1, -0.05) is 0 Å². The van der Waals surface area contributed by atoms with Gasteiger partial charge in [0.05, 0.1) is 12.9 Å². The molecule has 19 heavy (non-hydrogen) atoms. The summed E-state index contributed by atoms with van der Waals surface area (Å²) in [5.74, 6) is -1.30. The fraction of sp³-hybridized carbons (Fsp3) is 0.500. The lowest BCUT2D eigenvalue weighted by Crippen LogP contribution is -2.65. The van der Waals surface area contributed by atoms with Crippen molar-refractivity contribution in [3.05, 3.63) is 12.5 Å². The van der Waals surface area contributed by atoms with Crippen molar-refractivity contribution in [1.82, 2.24) is 19.2 Å². The van der Waals surface area contributed by atoms with Gasteiger partial charge in [0.2, 0.25) is 11.8 Å². The second-order valence-corrected chi connectivity index (χ2v) is 6.63.